The summed E-state index contributed by atoms with van der Waals surface area (Å²) in [7, 11) is 0. The minimum absolute atomic E-state index is 0.184. The lowest BCUT2D eigenvalue weighted by Crippen LogP contribution is -2.42. The highest BCUT2D eigenvalue weighted by molar-refractivity contribution is 5.36. The maximum atomic E-state index is 12.9. The smallest absolute Gasteiger partial charge is 0.319 e. The Bertz CT molecular complexity index is 703. The average Bonchev–Trinajstić information content (AvgIpc) is 3.15. The molecular formula is C17H19F2N3O. The van der Waals surface area contributed by atoms with E-state index in [0.29, 0.717) is 12.4 Å². The number of ether oxygens (including phenoxy) is 1. The van der Waals surface area contributed by atoms with Crippen LogP contribution in [0.4, 0.5) is 8.78 Å². The molecule has 1 fully saturated rings. The van der Waals surface area contributed by atoms with Gasteiger partial charge in [-0.15, -0.1) is 0 Å². The van der Waals surface area contributed by atoms with Gasteiger partial charge in [0.15, 0.2) is 0 Å². The van der Waals surface area contributed by atoms with E-state index in [0.717, 1.165) is 42.7 Å². The number of aromatic nitrogens is 2. The van der Waals surface area contributed by atoms with Gasteiger partial charge in [-0.25, -0.2) is 4.98 Å². The first kappa shape index (κ1) is 14.6. The number of aryl methyl sites for hydroxylation is 1. The summed E-state index contributed by atoms with van der Waals surface area (Å²) in [5.41, 5.74) is 1.07. The number of alkyl halides is 2. The van der Waals surface area contributed by atoms with E-state index in [-0.39, 0.29) is 5.60 Å². The molecule has 2 aromatic rings. The zero-order valence-electron chi connectivity index (χ0n) is 12.8. The van der Waals surface area contributed by atoms with Crippen LogP contribution in [-0.2, 0) is 13.0 Å². The molecule has 3 heterocycles. The van der Waals surface area contributed by atoms with Crippen molar-refractivity contribution < 1.29 is 13.5 Å². The minimum Gasteiger partial charge on any atom is -0.486 e. The Hall–Kier alpha value is -1.95. The maximum absolute atomic E-state index is 12.9. The van der Waals surface area contributed by atoms with Gasteiger partial charge in [0.25, 0.3) is 0 Å². The van der Waals surface area contributed by atoms with Gasteiger partial charge < -0.3 is 4.74 Å². The molecule has 6 heteroatoms. The van der Waals surface area contributed by atoms with Gasteiger partial charge >= 0.3 is 6.55 Å². The molecule has 1 saturated heterocycles. The molecule has 0 radical (unpaired) electrons. The van der Waals surface area contributed by atoms with E-state index in [2.05, 4.69) is 16.0 Å². The fraction of sp³-hybridized carbons (Fsp3) is 0.471. The Kier molecular flexibility index (Phi) is 3.56. The molecular weight excluding hydrogens is 300 g/mol. The van der Waals surface area contributed by atoms with Crippen LogP contribution in [0.2, 0.25) is 0 Å². The summed E-state index contributed by atoms with van der Waals surface area (Å²) in [6, 6.07) is 8.14. The van der Waals surface area contributed by atoms with Gasteiger partial charge in [-0.2, -0.15) is 8.78 Å². The molecule has 1 spiro atoms. The summed E-state index contributed by atoms with van der Waals surface area (Å²) in [5.74, 6) is 1.38. The quantitative estimate of drug-likeness (QED) is 0.870. The minimum atomic E-state index is -2.54. The number of hydrogen-bond donors (Lipinski definition) is 0. The van der Waals surface area contributed by atoms with E-state index in [4.69, 9.17) is 4.74 Å². The predicted molar refractivity (Wildman–Crippen MR) is 81.5 cm³/mol. The second kappa shape index (κ2) is 5.60. The molecule has 0 aliphatic carbocycles. The molecule has 1 aromatic heterocycles. The van der Waals surface area contributed by atoms with E-state index in [1.54, 1.807) is 0 Å². The second-order valence-electron chi connectivity index (χ2n) is 6.38. The average molecular weight is 319 g/mol. The van der Waals surface area contributed by atoms with E-state index in [9.17, 15) is 8.78 Å². The van der Waals surface area contributed by atoms with Crippen molar-refractivity contribution in [2.24, 2.45) is 0 Å². The highest BCUT2D eigenvalue weighted by Gasteiger charge is 2.42. The third-order valence-corrected chi connectivity index (χ3v) is 4.87. The van der Waals surface area contributed by atoms with Crippen LogP contribution in [0, 0.1) is 0 Å². The number of rotatable bonds is 3. The number of imidazole rings is 1. The molecule has 0 N–H and O–H groups in total. The summed E-state index contributed by atoms with van der Waals surface area (Å²) >= 11 is 0. The van der Waals surface area contributed by atoms with Crippen molar-refractivity contribution in [1.82, 2.24) is 14.5 Å². The Labute approximate surface area is 133 Å². The van der Waals surface area contributed by atoms with Crippen LogP contribution in [0.15, 0.2) is 36.7 Å². The van der Waals surface area contributed by atoms with E-state index < -0.39 is 6.55 Å². The molecule has 4 rings (SSSR count). The van der Waals surface area contributed by atoms with Gasteiger partial charge in [0.05, 0.1) is 6.54 Å². The van der Waals surface area contributed by atoms with E-state index >= 15 is 0 Å². The summed E-state index contributed by atoms with van der Waals surface area (Å²) in [4.78, 5) is 6.23. The Balaban J connectivity index is 1.46. The summed E-state index contributed by atoms with van der Waals surface area (Å²) in [6.45, 7) is -0.498. The molecule has 0 saturated carbocycles. The Morgan fingerprint density at radius 2 is 2.13 bits per heavy atom. The van der Waals surface area contributed by atoms with Crippen molar-refractivity contribution in [1.29, 1.82) is 0 Å². The molecule has 2 aliphatic heterocycles. The molecule has 0 amide bonds. The SMILES string of the molecule is FC(F)n1ccnc1CN1CCC2(CCc3ccccc3O2)C1. The van der Waals surface area contributed by atoms with Crippen LogP contribution in [0.25, 0.3) is 0 Å². The monoisotopic (exact) mass is 319 g/mol. The molecule has 23 heavy (non-hydrogen) atoms. The first-order chi connectivity index (χ1) is 11.2. The van der Waals surface area contributed by atoms with Gasteiger partial charge in [-0.05, 0) is 24.5 Å². The lowest BCUT2D eigenvalue weighted by atomic mass is 9.90. The number of hydrogen-bond acceptors (Lipinski definition) is 3. The first-order valence-electron chi connectivity index (χ1n) is 7.94. The third kappa shape index (κ3) is 2.72. The Morgan fingerprint density at radius 3 is 3.00 bits per heavy atom. The molecule has 122 valence electrons. The normalized spacial score (nSPS) is 24.1. The van der Waals surface area contributed by atoms with Crippen LogP contribution in [-0.4, -0.2) is 33.1 Å². The van der Waals surface area contributed by atoms with Crippen LogP contribution in [0.1, 0.15) is 30.8 Å². The largest absolute Gasteiger partial charge is 0.486 e. The fourth-order valence-electron chi connectivity index (χ4n) is 3.65. The topological polar surface area (TPSA) is 30.3 Å². The predicted octanol–water partition coefficient (Wildman–Crippen LogP) is 3.25. The molecule has 1 unspecified atom stereocenters. The van der Waals surface area contributed by atoms with Crippen molar-refractivity contribution in [2.75, 3.05) is 13.1 Å². The summed E-state index contributed by atoms with van der Waals surface area (Å²) in [5, 5.41) is 0. The summed E-state index contributed by atoms with van der Waals surface area (Å²) < 4.78 is 33.1. The van der Waals surface area contributed by atoms with Crippen LogP contribution >= 0.6 is 0 Å². The lowest BCUT2D eigenvalue weighted by molar-refractivity contribution is 0.0498. The van der Waals surface area contributed by atoms with Crippen LogP contribution < -0.4 is 4.74 Å². The number of fused-ring (bicyclic) bond motifs is 1. The third-order valence-electron chi connectivity index (χ3n) is 4.87. The van der Waals surface area contributed by atoms with Crippen molar-refractivity contribution in [3.8, 4) is 5.75 Å². The molecule has 0 bridgehead atoms. The van der Waals surface area contributed by atoms with Crippen molar-refractivity contribution in [2.45, 2.75) is 38.0 Å². The van der Waals surface area contributed by atoms with Gasteiger partial charge in [-0.1, -0.05) is 18.2 Å². The second-order valence-corrected chi connectivity index (χ2v) is 6.38. The highest BCUT2D eigenvalue weighted by Crippen LogP contribution is 2.38. The number of para-hydroxylation sites is 1. The van der Waals surface area contributed by atoms with Crippen molar-refractivity contribution in [3.05, 3.63) is 48.0 Å². The molecule has 2 aliphatic rings. The zero-order valence-corrected chi connectivity index (χ0v) is 12.8. The van der Waals surface area contributed by atoms with Crippen molar-refractivity contribution >= 4 is 0 Å². The van der Waals surface area contributed by atoms with Gasteiger partial charge in [0.2, 0.25) is 0 Å². The van der Waals surface area contributed by atoms with Crippen LogP contribution in [0.3, 0.4) is 0 Å². The first-order valence-corrected chi connectivity index (χ1v) is 7.94. The molecule has 1 aromatic carbocycles. The lowest BCUT2D eigenvalue weighted by Gasteiger charge is -2.35. The number of nitrogens with zero attached hydrogens (tertiary/aromatic N) is 3. The Morgan fingerprint density at radius 1 is 1.26 bits per heavy atom. The van der Waals surface area contributed by atoms with Gasteiger partial charge in [0.1, 0.15) is 17.2 Å². The fourth-order valence-corrected chi connectivity index (χ4v) is 3.65. The zero-order chi connectivity index (χ0) is 15.9. The van der Waals surface area contributed by atoms with Crippen molar-refractivity contribution in [3.63, 3.8) is 0 Å². The highest BCUT2D eigenvalue weighted by atomic mass is 19.3. The van der Waals surface area contributed by atoms with E-state index in [1.807, 2.05) is 18.2 Å². The summed E-state index contributed by atoms with van der Waals surface area (Å²) in [6.07, 6.45) is 5.68. The van der Waals surface area contributed by atoms with Gasteiger partial charge in [-0.3, -0.25) is 9.47 Å². The van der Waals surface area contributed by atoms with Gasteiger partial charge in [0, 0.05) is 31.9 Å². The molecule has 4 nitrogen and oxygen atoms in total. The van der Waals surface area contributed by atoms with Crippen LogP contribution in [0.5, 0.6) is 5.75 Å². The standard InChI is InChI=1S/C17H19F2N3O/c18-16(19)22-10-8-20-15(22)11-21-9-7-17(12-21)6-5-13-3-1-2-4-14(13)23-17/h1-4,8,10,16H,5-7,9,11-12H2. The maximum Gasteiger partial charge on any atom is 0.319 e. The number of likely N-dealkylation sites (tertiary alicyclic amines) is 1. The number of halogens is 2. The number of benzene rings is 1. The molecule has 1 atom stereocenters. The van der Waals surface area contributed by atoms with E-state index in [1.165, 1.54) is 18.0 Å².